The first-order valence-electron chi connectivity index (χ1n) is 17.1. The van der Waals surface area contributed by atoms with Crippen LogP contribution >= 0.6 is 0 Å². The van der Waals surface area contributed by atoms with Crippen LogP contribution in [0, 0.1) is 0 Å². The standard InChI is InChI=1S/C47H29N3O/c1-2-13-31(14-3-1)35-16-6-7-18-40(35)46-48-45(34-26-27-44-42(29-34)39-17-8-9-23-43(39)51-44)49-47(50-46)41-22-11-20-37-36(19-10-21-38(37)41)33-25-24-30-12-4-5-15-32(30)28-33/h1-29H. The summed E-state index contributed by atoms with van der Waals surface area (Å²) in [5, 5.41) is 6.76. The third kappa shape index (κ3) is 5.04. The number of rotatable bonds is 5. The number of nitrogens with zero attached hydrogens (tertiary/aromatic N) is 3. The van der Waals surface area contributed by atoms with Crippen LogP contribution in [0.15, 0.2) is 180 Å². The molecule has 10 aromatic rings. The Morgan fingerprint density at radius 1 is 0.294 bits per heavy atom. The molecule has 238 valence electrons. The average Bonchev–Trinajstić information content (AvgIpc) is 3.58. The summed E-state index contributed by atoms with van der Waals surface area (Å²) in [6, 6.07) is 61.1. The summed E-state index contributed by atoms with van der Waals surface area (Å²) >= 11 is 0. The van der Waals surface area contributed by atoms with Gasteiger partial charge in [0.25, 0.3) is 0 Å². The van der Waals surface area contributed by atoms with Crippen molar-refractivity contribution in [2.24, 2.45) is 0 Å². The molecule has 0 bridgehead atoms. The third-order valence-corrected chi connectivity index (χ3v) is 9.75. The molecule has 0 N–H and O–H groups in total. The number of para-hydroxylation sites is 1. The van der Waals surface area contributed by atoms with Crippen LogP contribution in [0.3, 0.4) is 0 Å². The van der Waals surface area contributed by atoms with Gasteiger partial charge in [0.15, 0.2) is 17.5 Å². The van der Waals surface area contributed by atoms with Crippen molar-refractivity contribution in [3.05, 3.63) is 176 Å². The monoisotopic (exact) mass is 651 g/mol. The van der Waals surface area contributed by atoms with Gasteiger partial charge in [0.05, 0.1) is 0 Å². The Morgan fingerprint density at radius 2 is 0.882 bits per heavy atom. The summed E-state index contributed by atoms with van der Waals surface area (Å²) in [6.07, 6.45) is 0. The SMILES string of the molecule is c1ccc(-c2ccccc2-c2nc(-c3ccc4oc5ccccc5c4c3)nc(-c3cccc4c(-c5ccc6ccccc6c5)cccc34)n2)cc1. The normalized spacial score (nSPS) is 11.5. The van der Waals surface area contributed by atoms with Crippen molar-refractivity contribution in [2.75, 3.05) is 0 Å². The molecule has 10 rings (SSSR count). The van der Waals surface area contributed by atoms with Gasteiger partial charge in [0, 0.05) is 27.5 Å². The van der Waals surface area contributed by atoms with Crippen molar-refractivity contribution in [1.82, 2.24) is 15.0 Å². The molecule has 0 amide bonds. The zero-order valence-electron chi connectivity index (χ0n) is 27.5. The van der Waals surface area contributed by atoms with Crippen molar-refractivity contribution in [3.63, 3.8) is 0 Å². The van der Waals surface area contributed by atoms with Crippen LogP contribution in [-0.4, -0.2) is 15.0 Å². The largest absolute Gasteiger partial charge is 0.456 e. The van der Waals surface area contributed by atoms with E-state index in [-0.39, 0.29) is 0 Å². The van der Waals surface area contributed by atoms with E-state index < -0.39 is 0 Å². The number of fused-ring (bicyclic) bond motifs is 5. The van der Waals surface area contributed by atoms with E-state index in [0.717, 1.165) is 60.5 Å². The Kier molecular flexibility index (Phi) is 6.78. The molecule has 0 saturated carbocycles. The molecule has 0 aliphatic carbocycles. The lowest BCUT2D eigenvalue weighted by Crippen LogP contribution is -2.01. The first-order chi connectivity index (χ1) is 25.3. The fourth-order valence-corrected chi connectivity index (χ4v) is 7.27. The molecule has 0 atom stereocenters. The minimum absolute atomic E-state index is 0.604. The summed E-state index contributed by atoms with van der Waals surface area (Å²) in [4.78, 5) is 15.6. The number of benzene rings is 8. The van der Waals surface area contributed by atoms with Crippen molar-refractivity contribution in [2.45, 2.75) is 0 Å². The van der Waals surface area contributed by atoms with Crippen LogP contribution in [-0.2, 0) is 0 Å². The lowest BCUT2D eigenvalue weighted by atomic mass is 9.94. The van der Waals surface area contributed by atoms with E-state index >= 15 is 0 Å². The van der Waals surface area contributed by atoms with Crippen molar-refractivity contribution >= 4 is 43.5 Å². The van der Waals surface area contributed by atoms with Crippen molar-refractivity contribution in [1.29, 1.82) is 0 Å². The highest BCUT2D eigenvalue weighted by molar-refractivity contribution is 6.07. The molecule has 4 nitrogen and oxygen atoms in total. The lowest BCUT2D eigenvalue weighted by molar-refractivity contribution is 0.669. The average molecular weight is 652 g/mol. The van der Waals surface area contributed by atoms with Gasteiger partial charge in [0.2, 0.25) is 0 Å². The molecule has 2 heterocycles. The van der Waals surface area contributed by atoms with E-state index in [9.17, 15) is 0 Å². The molecular formula is C47H29N3O. The van der Waals surface area contributed by atoms with Crippen molar-refractivity contribution < 1.29 is 4.42 Å². The highest BCUT2D eigenvalue weighted by atomic mass is 16.3. The maximum Gasteiger partial charge on any atom is 0.164 e. The molecule has 0 fully saturated rings. The maximum absolute atomic E-state index is 6.16. The van der Waals surface area contributed by atoms with Gasteiger partial charge < -0.3 is 4.42 Å². The third-order valence-electron chi connectivity index (χ3n) is 9.75. The molecule has 8 aromatic carbocycles. The Balaban J connectivity index is 1.20. The predicted molar refractivity (Wildman–Crippen MR) is 209 cm³/mol. The second-order valence-electron chi connectivity index (χ2n) is 12.8. The quantitative estimate of drug-likeness (QED) is 0.186. The fraction of sp³-hybridized carbons (Fsp3) is 0. The number of furan rings is 1. The summed E-state index contributed by atoms with van der Waals surface area (Å²) < 4.78 is 6.16. The van der Waals surface area contributed by atoms with Gasteiger partial charge >= 0.3 is 0 Å². The fourth-order valence-electron chi connectivity index (χ4n) is 7.27. The van der Waals surface area contributed by atoms with Gasteiger partial charge in [-0.2, -0.15) is 0 Å². The van der Waals surface area contributed by atoms with Gasteiger partial charge in [-0.25, -0.2) is 15.0 Å². The van der Waals surface area contributed by atoms with Crippen LogP contribution in [0.25, 0.3) is 99.9 Å². The Morgan fingerprint density at radius 3 is 1.75 bits per heavy atom. The van der Waals surface area contributed by atoms with Crippen LogP contribution in [0.2, 0.25) is 0 Å². The minimum atomic E-state index is 0.604. The number of hydrogen-bond donors (Lipinski definition) is 0. The molecule has 4 heteroatoms. The van der Waals surface area contributed by atoms with E-state index in [1.165, 1.54) is 21.9 Å². The molecule has 0 saturated heterocycles. The molecular weight excluding hydrogens is 623 g/mol. The summed E-state index contributed by atoms with van der Waals surface area (Å²) in [5.74, 6) is 1.85. The summed E-state index contributed by atoms with van der Waals surface area (Å²) in [7, 11) is 0. The van der Waals surface area contributed by atoms with Gasteiger partial charge in [-0.15, -0.1) is 0 Å². The van der Waals surface area contributed by atoms with Gasteiger partial charge in [0.1, 0.15) is 11.2 Å². The number of hydrogen-bond acceptors (Lipinski definition) is 4. The van der Waals surface area contributed by atoms with Gasteiger partial charge in [-0.1, -0.05) is 146 Å². The zero-order valence-corrected chi connectivity index (χ0v) is 27.5. The van der Waals surface area contributed by atoms with Crippen LogP contribution in [0.1, 0.15) is 0 Å². The molecule has 0 aliphatic heterocycles. The molecule has 2 aromatic heterocycles. The molecule has 51 heavy (non-hydrogen) atoms. The molecule has 0 aliphatic rings. The van der Waals surface area contributed by atoms with E-state index in [2.05, 4.69) is 133 Å². The maximum atomic E-state index is 6.16. The predicted octanol–water partition coefficient (Wildman–Crippen LogP) is 12.4. The topological polar surface area (TPSA) is 51.8 Å². The van der Waals surface area contributed by atoms with E-state index in [4.69, 9.17) is 19.4 Å². The van der Waals surface area contributed by atoms with Gasteiger partial charge in [-0.05, 0) is 74.1 Å². The summed E-state index contributed by atoms with van der Waals surface area (Å²) in [5.41, 5.74) is 8.99. The zero-order chi connectivity index (χ0) is 33.7. The molecule has 0 radical (unpaired) electrons. The second kappa shape index (κ2) is 11.9. The molecule has 0 unspecified atom stereocenters. The van der Waals surface area contributed by atoms with E-state index in [1.54, 1.807) is 0 Å². The highest BCUT2D eigenvalue weighted by Gasteiger charge is 2.18. The van der Waals surface area contributed by atoms with Gasteiger partial charge in [-0.3, -0.25) is 0 Å². The van der Waals surface area contributed by atoms with Crippen LogP contribution < -0.4 is 0 Å². The van der Waals surface area contributed by atoms with Crippen LogP contribution in [0.5, 0.6) is 0 Å². The van der Waals surface area contributed by atoms with E-state index in [0.29, 0.717) is 17.5 Å². The minimum Gasteiger partial charge on any atom is -0.456 e. The van der Waals surface area contributed by atoms with Crippen molar-refractivity contribution in [3.8, 4) is 56.4 Å². The summed E-state index contributed by atoms with van der Waals surface area (Å²) in [6.45, 7) is 0. The Bertz CT molecular complexity index is 2930. The first-order valence-corrected chi connectivity index (χ1v) is 17.1. The highest BCUT2D eigenvalue weighted by Crippen LogP contribution is 2.38. The second-order valence-corrected chi connectivity index (χ2v) is 12.8. The Hall–Kier alpha value is -6.91. The van der Waals surface area contributed by atoms with E-state index in [1.807, 2.05) is 42.5 Å². The lowest BCUT2D eigenvalue weighted by Gasteiger charge is -2.14. The Labute approximate surface area is 294 Å². The molecule has 0 spiro atoms. The van der Waals surface area contributed by atoms with Crippen LogP contribution in [0.4, 0.5) is 0 Å². The number of aromatic nitrogens is 3. The smallest absolute Gasteiger partial charge is 0.164 e. The first kappa shape index (κ1) is 29.0.